The summed E-state index contributed by atoms with van der Waals surface area (Å²) in [4.78, 5) is 2.64. The van der Waals surface area contributed by atoms with Gasteiger partial charge >= 0.3 is 0 Å². The van der Waals surface area contributed by atoms with Gasteiger partial charge in [0.25, 0.3) is 0 Å². The largest absolute Gasteiger partial charge is 0.319 e. The van der Waals surface area contributed by atoms with Crippen LogP contribution in [0, 0.1) is 11.3 Å². The Labute approximate surface area is 109 Å². The summed E-state index contributed by atoms with van der Waals surface area (Å²) in [5.74, 6) is 0.816. The predicted octanol–water partition coefficient (Wildman–Crippen LogP) is 3.38. The van der Waals surface area contributed by atoms with Crippen LogP contribution in [0.25, 0.3) is 0 Å². The van der Waals surface area contributed by atoms with E-state index in [1.54, 1.807) is 0 Å². The summed E-state index contributed by atoms with van der Waals surface area (Å²) in [7, 11) is 2.07. The van der Waals surface area contributed by atoms with Gasteiger partial charge in [0.1, 0.15) is 0 Å². The predicted molar refractivity (Wildman–Crippen MR) is 78.5 cm³/mol. The molecule has 0 fully saturated rings. The Balaban J connectivity index is 4.47. The van der Waals surface area contributed by atoms with E-state index in [2.05, 4.69) is 51.9 Å². The number of nitrogens with zero attached hydrogens (tertiary/aromatic N) is 1. The average Bonchev–Trinajstić information content (AvgIpc) is 2.36. The van der Waals surface area contributed by atoms with Gasteiger partial charge in [0.15, 0.2) is 0 Å². The van der Waals surface area contributed by atoms with Crippen molar-refractivity contribution in [3.63, 3.8) is 0 Å². The second-order valence-corrected chi connectivity index (χ2v) is 5.58. The third-order valence-corrected chi connectivity index (χ3v) is 4.32. The molecule has 2 heteroatoms. The molecule has 0 saturated heterocycles. The summed E-state index contributed by atoms with van der Waals surface area (Å²) in [5.41, 5.74) is 0.457. The van der Waals surface area contributed by atoms with Crippen LogP contribution in [0.5, 0.6) is 0 Å². The fourth-order valence-electron chi connectivity index (χ4n) is 2.50. The van der Waals surface area contributed by atoms with Crippen LogP contribution in [-0.4, -0.2) is 38.1 Å². The third-order valence-electron chi connectivity index (χ3n) is 4.32. The van der Waals surface area contributed by atoms with Crippen molar-refractivity contribution in [2.45, 2.75) is 53.9 Å². The first kappa shape index (κ1) is 16.9. The van der Waals surface area contributed by atoms with E-state index in [0.29, 0.717) is 5.41 Å². The molecular weight excluding hydrogens is 208 g/mol. The number of hydrogen-bond acceptors (Lipinski definition) is 2. The minimum atomic E-state index is 0.457. The molecular formula is C15H34N2. The Hall–Kier alpha value is -0.0800. The van der Waals surface area contributed by atoms with Gasteiger partial charge in [-0.05, 0) is 37.8 Å². The summed E-state index contributed by atoms with van der Waals surface area (Å²) in [6, 6.07) is 0. The van der Waals surface area contributed by atoms with Crippen LogP contribution >= 0.6 is 0 Å². The molecule has 1 unspecified atom stereocenters. The minimum Gasteiger partial charge on any atom is -0.319 e. The quantitative estimate of drug-likeness (QED) is 0.632. The van der Waals surface area contributed by atoms with Crippen LogP contribution in [0.1, 0.15) is 53.9 Å². The van der Waals surface area contributed by atoms with E-state index in [-0.39, 0.29) is 0 Å². The van der Waals surface area contributed by atoms with Crippen LogP contribution in [-0.2, 0) is 0 Å². The molecule has 0 spiro atoms. The van der Waals surface area contributed by atoms with E-state index in [4.69, 9.17) is 0 Å². The molecule has 0 aromatic heterocycles. The molecule has 0 amide bonds. The summed E-state index contributed by atoms with van der Waals surface area (Å²) in [6.07, 6.45) is 3.82. The Kier molecular flexibility index (Phi) is 8.89. The Morgan fingerprint density at radius 3 is 2.06 bits per heavy atom. The van der Waals surface area contributed by atoms with E-state index < -0.39 is 0 Å². The van der Waals surface area contributed by atoms with Gasteiger partial charge in [0.2, 0.25) is 0 Å². The molecule has 104 valence electrons. The van der Waals surface area contributed by atoms with E-state index in [1.165, 1.54) is 38.9 Å². The third kappa shape index (κ3) is 5.87. The van der Waals surface area contributed by atoms with Crippen molar-refractivity contribution in [3.05, 3.63) is 0 Å². The fourth-order valence-corrected chi connectivity index (χ4v) is 2.50. The molecule has 0 rings (SSSR count). The lowest BCUT2D eigenvalue weighted by Gasteiger charge is -2.37. The molecule has 0 aromatic rings. The molecule has 0 bridgehead atoms. The SMILES string of the molecule is CCC(C)CN(CC)CC(CC)(CC)CNC. The molecule has 0 radical (unpaired) electrons. The lowest BCUT2D eigenvalue weighted by molar-refractivity contribution is 0.127. The lowest BCUT2D eigenvalue weighted by Crippen LogP contribution is -2.44. The van der Waals surface area contributed by atoms with Crippen LogP contribution in [0.4, 0.5) is 0 Å². The van der Waals surface area contributed by atoms with Crippen LogP contribution in [0.3, 0.4) is 0 Å². The first-order valence-corrected chi connectivity index (χ1v) is 7.44. The monoisotopic (exact) mass is 242 g/mol. The maximum atomic E-state index is 3.38. The molecule has 0 aliphatic carbocycles. The summed E-state index contributed by atoms with van der Waals surface area (Å²) < 4.78 is 0. The van der Waals surface area contributed by atoms with Gasteiger partial charge in [-0.2, -0.15) is 0 Å². The number of hydrogen-bond donors (Lipinski definition) is 1. The Morgan fingerprint density at radius 2 is 1.71 bits per heavy atom. The highest BCUT2D eigenvalue weighted by molar-refractivity contribution is 4.82. The molecule has 0 saturated carbocycles. The first-order valence-electron chi connectivity index (χ1n) is 7.44. The summed E-state index contributed by atoms with van der Waals surface area (Å²) >= 11 is 0. The first-order chi connectivity index (χ1) is 8.07. The normalized spacial score (nSPS) is 14.3. The van der Waals surface area contributed by atoms with E-state index >= 15 is 0 Å². The lowest BCUT2D eigenvalue weighted by atomic mass is 9.81. The minimum absolute atomic E-state index is 0.457. The van der Waals surface area contributed by atoms with Crippen molar-refractivity contribution in [1.82, 2.24) is 10.2 Å². The maximum Gasteiger partial charge on any atom is 0.00499 e. The number of rotatable bonds is 10. The van der Waals surface area contributed by atoms with Crippen LogP contribution < -0.4 is 5.32 Å². The molecule has 0 aromatic carbocycles. The van der Waals surface area contributed by atoms with E-state index in [0.717, 1.165) is 12.5 Å². The molecule has 2 nitrogen and oxygen atoms in total. The van der Waals surface area contributed by atoms with E-state index in [9.17, 15) is 0 Å². The van der Waals surface area contributed by atoms with E-state index in [1.807, 2.05) is 0 Å². The van der Waals surface area contributed by atoms with Crippen molar-refractivity contribution in [1.29, 1.82) is 0 Å². The van der Waals surface area contributed by atoms with Gasteiger partial charge in [-0.15, -0.1) is 0 Å². The molecule has 1 atom stereocenters. The molecule has 0 aliphatic heterocycles. The topological polar surface area (TPSA) is 15.3 Å². The van der Waals surface area contributed by atoms with Crippen molar-refractivity contribution in [2.24, 2.45) is 11.3 Å². The zero-order chi connectivity index (χ0) is 13.3. The van der Waals surface area contributed by atoms with Gasteiger partial charge < -0.3 is 10.2 Å². The second kappa shape index (κ2) is 8.93. The van der Waals surface area contributed by atoms with Gasteiger partial charge in [-0.25, -0.2) is 0 Å². The molecule has 0 aliphatic rings. The Bertz CT molecular complexity index is 176. The Morgan fingerprint density at radius 1 is 1.12 bits per heavy atom. The van der Waals surface area contributed by atoms with Gasteiger partial charge in [-0.1, -0.05) is 41.0 Å². The van der Waals surface area contributed by atoms with Crippen molar-refractivity contribution in [2.75, 3.05) is 33.2 Å². The standard InChI is InChI=1S/C15H34N2/c1-7-14(5)11-17(10-4)13-15(8-2,9-3)12-16-6/h14,16H,7-13H2,1-6H3. The average molecular weight is 242 g/mol. The van der Waals surface area contributed by atoms with Gasteiger partial charge in [-0.3, -0.25) is 0 Å². The summed E-state index contributed by atoms with van der Waals surface area (Å²) in [5, 5.41) is 3.38. The van der Waals surface area contributed by atoms with Gasteiger partial charge in [0, 0.05) is 19.6 Å². The smallest absolute Gasteiger partial charge is 0.00499 e. The number of nitrogens with one attached hydrogen (secondary N) is 1. The van der Waals surface area contributed by atoms with Crippen molar-refractivity contribution in [3.8, 4) is 0 Å². The second-order valence-electron chi connectivity index (χ2n) is 5.58. The van der Waals surface area contributed by atoms with Crippen LogP contribution in [0.15, 0.2) is 0 Å². The van der Waals surface area contributed by atoms with Crippen molar-refractivity contribution >= 4 is 0 Å². The van der Waals surface area contributed by atoms with Crippen LogP contribution in [0.2, 0.25) is 0 Å². The highest BCUT2D eigenvalue weighted by Crippen LogP contribution is 2.27. The zero-order valence-corrected chi connectivity index (χ0v) is 13.0. The maximum absolute atomic E-state index is 3.38. The summed E-state index contributed by atoms with van der Waals surface area (Å²) in [6.45, 7) is 16.4. The highest BCUT2D eigenvalue weighted by atomic mass is 15.1. The van der Waals surface area contributed by atoms with Crippen molar-refractivity contribution < 1.29 is 0 Å². The highest BCUT2D eigenvalue weighted by Gasteiger charge is 2.27. The molecule has 0 heterocycles. The molecule has 1 N–H and O–H groups in total. The molecule has 17 heavy (non-hydrogen) atoms. The van der Waals surface area contributed by atoms with Gasteiger partial charge in [0.05, 0.1) is 0 Å². The zero-order valence-electron chi connectivity index (χ0n) is 13.0. The fraction of sp³-hybridized carbons (Fsp3) is 1.00.